The van der Waals surface area contributed by atoms with Crippen molar-refractivity contribution in [2.45, 2.75) is 96.5 Å². The van der Waals surface area contributed by atoms with E-state index in [0.29, 0.717) is 12.8 Å². The van der Waals surface area contributed by atoms with Crippen molar-refractivity contribution in [1.29, 1.82) is 0 Å². The van der Waals surface area contributed by atoms with Crippen LogP contribution in [-0.4, -0.2) is 30.2 Å². The molecular weight excluding hydrogens is 344 g/mol. The Labute approximate surface area is 152 Å². The highest BCUT2D eigenvalue weighted by atomic mass is 32.3. The van der Waals surface area contributed by atoms with E-state index in [2.05, 4.69) is 11.1 Å². The molecule has 0 aromatic heterocycles. The molecule has 0 rings (SSSR count). The van der Waals surface area contributed by atoms with E-state index in [1.807, 2.05) is 12.2 Å². The monoisotopic (exact) mass is 377 g/mol. The van der Waals surface area contributed by atoms with Crippen LogP contribution in [0.3, 0.4) is 0 Å². The summed E-state index contributed by atoms with van der Waals surface area (Å²) < 4.78 is 37.0. The molecule has 0 aliphatic rings. The second kappa shape index (κ2) is 15.3. The molecule has 0 radical (unpaired) electrons. The van der Waals surface area contributed by atoms with Crippen LogP contribution in [0.4, 0.5) is 0 Å². The normalized spacial score (nSPS) is 13.4. The molecule has 0 aliphatic heterocycles. The maximum atomic E-state index is 10.8. The first-order valence-corrected chi connectivity index (χ1v) is 10.7. The van der Waals surface area contributed by atoms with Crippen LogP contribution in [0.5, 0.6) is 0 Å². The van der Waals surface area contributed by atoms with E-state index >= 15 is 0 Å². The van der Waals surface area contributed by atoms with Gasteiger partial charge in [-0.25, -0.2) is 8.42 Å². The van der Waals surface area contributed by atoms with Gasteiger partial charge < -0.3 is 9.66 Å². The topological polar surface area (TPSA) is 104 Å². The van der Waals surface area contributed by atoms with E-state index in [9.17, 15) is 17.8 Å². The molecule has 0 aromatic rings. The lowest BCUT2D eigenvalue weighted by molar-refractivity contribution is -0.137. The van der Waals surface area contributed by atoms with Crippen LogP contribution in [0.25, 0.3) is 0 Å². The standard InChI is InChI=1S/C18H34O6S/c1-2-3-4-11-14-17(24-25(21,22)23)15-12-9-7-5-6-8-10-13-16-18(19)20/h9,12,17H,2-8,10-11,13-16H2,1H3,(H,19,20)(H,21,22,23)/p-1/b12-9-/t17-/m1/s1. The molecular formula is C18H33O6S-. The predicted octanol–water partition coefficient (Wildman–Crippen LogP) is 4.56. The fourth-order valence-corrected chi connectivity index (χ4v) is 3.11. The molecule has 1 atom stereocenters. The Kier molecular flexibility index (Phi) is 14.8. The smallest absolute Gasteiger partial charge is 0.303 e. The van der Waals surface area contributed by atoms with Gasteiger partial charge >= 0.3 is 5.97 Å². The Morgan fingerprint density at radius 2 is 1.68 bits per heavy atom. The molecule has 0 heterocycles. The average Bonchev–Trinajstić information content (AvgIpc) is 2.51. The molecule has 148 valence electrons. The van der Waals surface area contributed by atoms with Crippen molar-refractivity contribution < 1.29 is 27.1 Å². The molecule has 7 heteroatoms. The molecule has 6 nitrogen and oxygen atoms in total. The first-order chi connectivity index (χ1) is 11.8. The van der Waals surface area contributed by atoms with E-state index in [-0.39, 0.29) is 6.42 Å². The largest absolute Gasteiger partial charge is 0.726 e. The maximum Gasteiger partial charge on any atom is 0.303 e. The van der Waals surface area contributed by atoms with Gasteiger partial charge in [0, 0.05) is 6.42 Å². The summed E-state index contributed by atoms with van der Waals surface area (Å²) in [5.74, 6) is -0.741. The average molecular weight is 378 g/mol. The molecule has 0 amide bonds. The summed E-state index contributed by atoms with van der Waals surface area (Å²) in [6.07, 6.45) is 14.3. The Hall–Kier alpha value is -0.920. The van der Waals surface area contributed by atoms with Crippen molar-refractivity contribution in [3.8, 4) is 0 Å². The molecule has 0 saturated carbocycles. The molecule has 0 saturated heterocycles. The second-order valence-corrected chi connectivity index (χ2v) is 7.39. The molecule has 25 heavy (non-hydrogen) atoms. The molecule has 0 unspecified atom stereocenters. The van der Waals surface area contributed by atoms with Gasteiger partial charge in [0.1, 0.15) is 0 Å². The van der Waals surface area contributed by atoms with Gasteiger partial charge in [-0.15, -0.1) is 0 Å². The van der Waals surface area contributed by atoms with E-state index in [4.69, 9.17) is 5.11 Å². The Morgan fingerprint density at radius 3 is 2.32 bits per heavy atom. The first-order valence-electron chi connectivity index (χ1n) is 9.36. The molecule has 0 aromatic carbocycles. The highest BCUT2D eigenvalue weighted by Gasteiger charge is 2.11. The predicted molar refractivity (Wildman–Crippen MR) is 97.0 cm³/mol. The summed E-state index contributed by atoms with van der Waals surface area (Å²) in [5.41, 5.74) is 0. The number of rotatable bonds is 17. The van der Waals surface area contributed by atoms with Gasteiger partial charge in [-0.3, -0.25) is 8.98 Å². The highest BCUT2D eigenvalue weighted by Crippen LogP contribution is 2.14. The van der Waals surface area contributed by atoms with Crippen molar-refractivity contribution in [1.82, 2.24) is 0 Å². The fraction of sp³-hybridized carbons (Fsp3) is 0.833. The summed E-state index contributed by atoms with van der Waals surface area (Å²) in [6.45, 7) is 2.10. The second-order valence-electron chi connectivity index (χ2n) is 6.38. The van der Waals surface area contributed by atoms with Crippen molar-refractivity contribution in [2.75, 3.05) is 0 Å². The van der Waals surface area contributed by atoms with Crippen LogP contribution >= 0.6 is 0 Å². The van der Waals surface area contributed by atoms with E-state index < -0.39 is 22.5 Å². The van der Waals surface area contributed by atoms with Gasteiger partial charge in [-0.05, 0) is 32.1 Å². The number of allylic oxidation sites excluding steroid dienone is 1. The van der Waals surface area contributed by atoms with Crippen LogP contribution in [0.15, 0.2) is 12.2 Å². The lowest BCUT2D eigenvalue weighted by atomic mass is 10.1. The van der Waals surface area contributed by atoms with Crippen LogP contribution in [0, 0.1) is 0 Å². The van der Waals surface area contributed by atoms with Crippen LogP contribution in [0.2, 0.25) is 0 Å². The number of unbranched alkanes of at least 4 members (excludes halogenated alkanes) is 8. The molecule has 0 spiro atoms. The van der Waals surface area contributed by atoms with Crippen molar-refractivity contribution in [3.05, 3.63) is 12.2 Å². The number of hydrogen-bond acceptors (Lipinski definition) is 5. The lowest BCUT2D eigenvalue weighted by Crippen LogP contribution is -2.17. The van der Waals surface area contributed by atoms with E-state index in [0.717, 1.165) is 64.2 Å². The van der Waals surface area contributed by atoms with Crippen molar-refractivity contribution in [3.63, 3.8) is 0 Å². The lowest BCUT2D eigenvalue weighted by Gasteiger charge is -2.17. The van der Waals surface area contributed by atoms with E-state index in [1.54, 1.807) is 0 Å². The van der Waals surface area contributed by atoms with Crippen LogP contribution in [-0.2, 0) is 19.4 Å². The molecule has 0 bridgehead atoms. The SMILES string of the molecule is CCCCCC[C@H](C/C=C\CCCCCCCC(=O)O)OS(=O)(=O)[O-]. The van der Waals surface area contributed by atoms with Crippen LogP contribution < -0.4 is 0 Å². The van der Waals surface area contributed by atoms with Gasteiger partial charge in [0.15, 0.2) is 0 Å². The number of carboxylic acid groups (broad SMARTS) is 1. The summed E-state index contributed by atoms with van der Waals surface area (Å²) in [7, 11) is -4.66. The van der Waals surface area contributed by atoms with Gasteiger partial charge in [0.2, 0.25) is 10.4 Å². The zero-order valence-corrected chi connectivity index (χ0v) is 16.1. The number of hydrogen-bond donors (Lipinski definition) is 1. The number of aliphatic carboxylic acids is 1. The minimum Gasteiger partial charge on any atom is -0.726 e. The van der Waals surface area contributed by atoms with Gasteiger partial charge in [0.25, 0.3) is 0 Å². The zero-order chi connectivity index (χ0) is 19.0. The maximum absolute atomic E-state index is 10.8. The summed E-state index contributed by atoms with van der Waals surface area (Å²) in [4.78, 5) is 10.4. The van der Waals surface area contributed by atoms with Crippen LogP contribution in [0.1, 0.15) is 90.4 Å². The third-order valence-corrected chi connectivity index (χ3v) is 4.47. The number of carbonyl (C=O) groups is 1. The Balaban J connectivity index is 3.86. The third-order valence-electron chi connectivity index (χ3n) is 3.96. The van der Waals surface area contributed by atoms with Gasteiger partial charge in [-0.2, -0.15) is 0 Å². The quantitative estimate of drug-likeness (QED) is 0.172. The highest BCUT2D eigenvalue weighted by molar-refractivity contribution is 7.80. The van der Waals surface area contributed by atoms with Gasteiger partial charge in [0.05, 0.1) is 6.10 Å². The van der Waals surface area contributed by atoms with Crippen molar-refractivity contribution in [2.24, 2.45) is 0 Å². The number of carboxylic acids is 1. The first kappa shape index (κ1) is 24.1. The molecule has 0 fully saturated rings. The summed E-state index contributed by atoms with van der Waals surface area (Å²) in [6, 6.07) is 0. The van der Waals surface area contributed by atoms with Crippen molar-refractivity contribution >= 4 is 16.4 Å². The van der Waals surface area contributed by atoms with Gasteiger partial charge in [-0.1, -0.05) is 64.0 Å². The van der Waals surface area contributed by atoms with E-state index in [1.165, 1.54) is 0 Å². The summed E-state index contributed by atoms with van der Waals surface area (Å²) >= 11 is 0. The minimum absolute atomic E-state index is 0.238. The summed E-state index contributed by atoms with van der Waals surface area (Å²) in [5, 5.41) is 8.53. The Morgan fingerprint density at radius 1 is 1.04 bits per heavy atom. The fourth-order valence-electron chi connectivity index (χ4n) is 2.61. The third kappa shape index (κ3) is 19.3. The Bertz CT molecular complexity index is 458. The molecule has 1 N–H and O–H groups in total. The minimum atomic E-state index is -4.66. The zero-order valence-electron chi connectivity index (χ0n) is 15.3. The molecule has 0 aliphatic carbocycles.